The molecule has 0 aromatic heterocycles. The maximum absolute atomic E-state index is 5.75. The van der Waals surface area contributed by atoms with E-state index < -0.39 is 0 Å². The van der Waals surface area contributed by atoms with E-state index in [0.29, 0.717) is 5.92 Å². The van der Waals surface area contributed by atoms with Gasteiger partial charge in [-0.2, -0.15) is 0 Å². The van der Waals surface area contributed by atoms with Crippen molar-refractivity contribution in [2.45, 2.75) is 19.4 Å². The standard InChI is InChI=1S/C23H39N5O2/c1-24-23(25-9-5-16-29-19-22-8-17-30-20-22)26-10-11-27-12-14-28(15-13-27)18-21-6-3-2-4-7-21/h2-4,6-7,22H,5,8-20H2,1H3,(H2,24,25,26). The van der Waals surface area contributed by atoms with E-state index in [9.17, 15) is 0 Å². The summed E-state index contributed by atoms with van der Waals surface area (Å²) in [7, 11) is 1.83. The zero-order chi connectivity index (χ0) is 20.9. The molecule has 2 fully saturated rings. The third-order valence-corrected chi connectivity index (χ3v) is 5.79. The van der Waals surface area contributed by atoms with Crippen molar-refractivity contribution in [3.63, 3.8) is 0 Å². The molecule has 1 atom stereocenters. The van der Waals surface area contributed by atoms with Gasteiger partial charge in [0.1, 0.15) is 0 Å². The molecule has 30 heavy (non-hydrogen) atoms. The summed E-state index contributed by atoms with van der Waals surface area (Å²) in [6, 6.07) is 10.8. The summed E-state index contributed by atoms with van der Waals surface area (Å²) in [5.41, 5.74) is 1.40. The molecule has 2 N–H and O–H groups in total. The Labute approximate surface area is 181 Å². The highest BCUT2D eigenvalue weighted by Crippen LogP contribution is 2.12. The van der Waals surface area contributed by atoms with Gasteiger partial charge >= 0.3 is 0 Å². The van der Waals surface area contributed by atoms with Crippen LogP contribution >= 0.6 is 0 Å². The summed E-state index contributed by atoms with van der Waals surface area (Å²) in [6.45, 7) is 11.8. The molecule has 1 aromatic carbocycles. The fourth-order valence-electron chi connectivity index (χ4n) is 3.91. The van der Waals surface area contributed by atoms with Gasteiger partial charge < -0.3 is 20.1 Å². The second kappa shape index (κ2) is 13.6. The molecular formula is C23H39N5O2. The first kappa shape index (κ1) is 23.0. The SMILES string of the molecule is CN=C(NCCCOCC1CCOC1)NCCN1CCN(Cc2ccccc2)CC1. The van der Waals surface area contributed by atoms with Crippen molar-refractivity contribution in [1.29, 1.82) is 0 Å². The lowest BCUT2D eigenvalue weighted by Crippen LogP contribution is -2.49. The van der Waals surface area contributed by atoms with Crippen LogP contribution in [-0.4, -0.2) is 95.0 Å². The highest BCUT2D eigenvalue weighted by molar-refractivity contribution is 5.79. The van der Waals surface area contributed by atoms with Gasteiger partial charge in [0.05, 0.1) is 13.2 Å². The van der Waals surface area contributed by atoms with E-state index in [1.807, 2.05) is 7.05 Å². The Balaban J connectivity index is 1.19. The average Bonchev–Trinajstić information content (AvgIpc) is 3.30. The smallest absolute Gasteiger partial charge is 0.191 e. The third-order valence-electron chi connectivity index (χ3n) is 5.79. The Bertz CT molecular complexity index is 599. The molecule has 2 aliphatic heterocycles. The molecule has 7 heteroatoms. The number of nitrogens with zero attached hydrogens (tertiary/aromatic N) is 3. The number of aliphatic imine (C=N–C) groups is 1. The van der Waals surface area contributed by atoms with Crippen LogP contribution in [0, 0.1) is 5.92 Å². The van der Waals surface area contributed by atoms with Gasteiger partial charge in [-0.15, -0.1) is 0 Å². The monoisotopic (exact) mass is 417 g/mol. The summed E-state index contributed by atoms with van der Waals surface area (Å²) in [5.74, 6) is 1.47. The molecule has 1 unspecified atom stereocenters. The summed E-state index contributed by atoms with van der Waals surface area (Å²) in [6.07, 6.45) is 2.12. The average molecular weight is 418 g/mol. The van der Waals surface area contributed by atoms with Crippen molar-refractivity contribution in [2.75, 3.05) is 79.3 Å². The highest BCUT2D eigenvalue weighted by atomic mass is 16.5. The molecule has 2 heterocycles. The van der Waals surface area contributed by atoms with Crippen LogP contribution in [0.1, 0.15) is 18.4 Å². The molecule has 0 aliphatic carbocycles. The zero-order valence-electron chi connectivity index (χ0n) is 18.5. The highest BCUT2D eigenvalue weighted by Gasteiger charge is 2.17. The van der Waals surface area contributed by atoms with Crippen molar-refractivity contribution in [3.8, 4) is 0 Å². The molecular weight excluding hydrogens is 378 g/mol. The van der Waals surface area contributed by atoms with Crippen molar-refractivity contribution in [1.82, 2.24) is 20.4 Å². The van der Waals surface area contributed by atoms with Crippen LogP contribution in [-0.2, 0) is 16.0 Å². The van der Waals surface area contributed by atoms with Gasteiger partial charge in [-0.1, -0.05) is 30.3 Å². The van der Waals surface area contributed by atoms with E-state index in [4.69, 9.17) is 9.47 Å². The van der Waals surface area contributed by atoms with E-state index in [1.165, 1.54) is 5.56 Å². The molecule has 2 saturated heterocycles. The predicted molar refractivity (Wildman–Crippen MR) is 122 cm³/mol. The van der Waals surface area contributed by atoms with Crippen LogP contribution in [0.2, 0.25) is 0 Å². The van der Waals surface area contributed by atoms with Gasteiger partial charge in [-0.25, -0.2) is 0 Å². The minimum absolute atomic E-state index is 0.590. The third kappa shape index (κ3) is 8.60. The number of hydrogen-bond donors (Lipinski definition) is 2. The second-order valence-corrected chi connectivity index (χ2v) is 8.19. The lowest BCUT2D eigenvalue weighted by atomic mass is 10.1. The predicted octanol–water partition coefficient (Wildman–Crippen LogP) is 1.41. The molecule has 3 rings (SSSR count). The molecule has 0 radical (unpaired) electrons. The number of nitrogens with one attached hydrogen (secondary N) is 2. The molecule has 0 bridgehead atoms. The van der Waals surface area contributed by atoms with Gasteiger partial charge in [0.25, 0.3) is 0 Å². The Hall–Kier alpha value is -1.67. The number of guanidine groups is 1. The molecule has 168 valence electrons. The largest absolute Gasteiger partial charge is 0.381 e. The van der Waals surface area contributed by atoms with Crippen molar-refractivity contribution in [3.05, 3.63) is 35.9 Å². The first-order valence-electron chi connectivity index (χ1n) is 11.4. The van der Waals surface area contributed by atoms with Crippen LogP contribution in [0.4, 0.5) is 0 Å². The first-order chi connectivity index (χ1) is 14.8. The van der Waals surface area contributed by atoms with Crippen molar-refractivity contribution in [2.24, 2.45) is 10.9 Å². The summed E-state index contributed by atoms with van der Waals surface area (Å²) in [4.78, 5) is 9.39. The number of piperazine rings is 1. The summed E-state index contributed by atoms with van der Waals surface area (Å²) >= 11 is 0. The Morgan fingerprint density at radius 2 is 1.87 bits per heavy atom. The van der Waals surface area contributed by atoms with Crippen molar-refractivity contribution >= 4 is 5.96 Å². The fraction of sp³-hybridized carbons (Fsp3) is 0.696. The molecule has 0 amide bonds. The van der Waals surface area contributed by atoms with E-state index >= 15 is 0 Å². The molecule has 1 aromatic rings. The maximum Gasteiger partial charge on any atom is 0.191 e. The second-order valence-electron chi connectivity index (χ2n) is 8.19. The summed E-state index contributed by atoms with van der Waals surface area (Å²) < 4.78 is 11.1. The Kier molecular flexibility index (Phi) is 10.4. The number of ether oxygens (including phenoxy) is 2. The Morgan fingerprint density at radius 1 is 1.10 bits per heavy atom. The minimum Gasteiger partial charge on any atom is -0.381 e. The normalized spacial score (nSPS) is 21.1. The first-order valence-corrected chi connectivity index (χ1v) is 11.4. The number of rotatable bonds is 11. The van der Waals surface area contributed by atoms with Gasteiger partial charge in [0.2, 0.25) is 0 Å². The zero-order valence-corrected chi connectivity index (χ0v) is 18.5. The number of benzene rings is 1. The van der Waals surface area contributed by atoms with Crippen molar-refractivity contribution < 1.29 is 9.47 Å². The number of hydrogen-bond acceptors (Lipinski definition) is 5. The molecule has 0 saturated carbocycles. The van der Waals surface area contributed by atoms with Gasteiger partial charge in [0.15, 0.2) is 5.96 Å². The van der Waals surface area contributed by atoms with Crippen LogP contribution in [0.5, 0.6) is 0 Å². The van der Waals surface area contributed by atoms with Gasteiger partial charge in [0, 0.05) is 78.5 Å². The Morgan fingerprint density at radius 3 is 2.60 bits per heavy atom. The van der Waals surface area contributed by atoms with Crippen LogP contribution in [0.25, 0.3) is 0 Å². The fourth-order valence-corrected chi connectivity index (χ4v) is 3.91. The van der Waals surface area contributed by atoms with E-state index in [0.717, 1.165) is 97.6 Å². The minimum atomic E-state index is 0.590. The molecule has 0 spiro atoms. The van der Waals surface area contributed by atoms with Gasteiger partial charge in [-0.3, -0.25) is 14.8 Å². The molecule has 2 aliphatic rings. The van der Waals surface area contributed by atoms with E-state index in [-0.39, 0.29) is 0 Å². The van der Waals surface area contributed by atoms with E-state index in [1.54, 1.807) is 0 Å². The van der Waals surface area contributed by atoms with Crippen LogP contribution in [0.3, 0.4) is 0 Å². The van der Waals surface area contributed by atoms with E-state index in [2.05, 4.69) is 55.8 Å². The topological polar surface area (TPSA) is 61.4 Å². The lowest BCUT2D eigenvalue weighted by Gasteiger charge is -2.34. The van der Waals surface area contributed by atoms with Crippen LogP contribution < -0.4 is 10.6 Å². The quantitative estimate of drug-likeness (QED) is 0.323. The van der Waals surface area contributed by atoms with Crippen LogP contribution in [0.15, 0.2) is 35.3 Å². The maximum atomic E-state index is 5.75. The van der Waals surface area contributed by atoms with Gasteiger partial charge in [-0.05, 0) is 18.4 Å². The summed E-state index contributed by atoms with van der Waals surface area (Å²) in [5, 5.41) is 6.81. The lowest BCUT2D eigenvalue weighted by molar-refractivity contribution is 0.0888. The molecule has 7 nitrogen and oxygen atoms in total.